The van der Waals surface area contributed by atoms with E-state index in [1.807, 2.05) is 0 Å². The fraction of sp³-hybridized carbons (Fsp3) is 0.500. The SMILES string of the molecule is C[C](C)CN1CCC(NC(=O)c2ccc(N=[N+]=[N-])cc2)CC1. The monoisotopic (exact) mass is 300 g/mol. The number of nitrogens with zero attached hydrogens (tertiary/aromatic N) is 4. The summed E-state index contributed by atoms with van der Waals surface area (Å²) in [5, 5.41) is 6.58. The predicted molar refractivity (Wildman–Crippen MR) is 86.8 cm³/mol. The number of azide groups is 1. The fourth-order valence-electron chi connectivity index (χ4n) is 2.68. The van der Waals surface area contributed by atoms with Crippen molar-refractivity contribution in [2.75, 3.05) is 19.6 Å². The lowest BCUT2D eigenvalue weighted by Crippen LogP contribution is -2.45. The molecule has 0 bridgehead atoms. The molecule has 0 aliphatic carbocycles. The second-order valence-electron chi connectivity index (χ2n) is 5.97. The van der Waals surface area contributed by atoms with Crippen molar-refractivity contribution in [2.24, 2.45) is 5.11 Å². The molecule has 6 heteroatoms. The van der Waals surface area contributed by atoms with Crippen LogP contribution < -0.4 is 5.32 Å². The molecular formula is C16H22N5O. The standard InChI is InChI=1S/C16H22N5O/c1-12(2)11-21-9-7-14(8-10-21)18-16(22)13-3-5-15(6-4-13)19-20-17/h3-6,14H,7-11H2,1-2H3,(H,18,22). The number of carbonyl (C=O) groups is 1. The molecule has 0 spiro atoms. The molecule has 0 atom stereocenters. The molecule has 1 aromatic rings. The first-order valence-corrected chi connectivity index (χ1v) is 7.56. The smallest absolute Gasteiger partial charge is 0.251 e. The van der Waals surface area contributed by atoms with Crippen LogP contribution in [0, 0.1) is 5.92 Å². The first-order chi connectivity index (χ1) is 10.6. The van der Waals surface area contributed by atoms with Gasteiger partial charge in [0.1, 0.15) is 0 Å². The fourth-order valence-corrected chi connectivity index (χ4v) is 2.68. The third-order valence-corrected chi connectivity index (χ3v) is 3.75. The van der Waals surface area contributed by atoms with Crippen molar-refractivity contribution in [2.45, 2.75) is 32.7 Å². The van der Waals surface area contributed by atoms with Gasteiger partial charge in [-0.15, -0.1) is 0 Å². The number of amides is 1. The van der Waals surface area contributed by atoms with Gasteiger partial charge in [-0.2, -0.15) is 0 Å². The molecule has 1 aromatic carbocycles. The largest absolute Gasteiger partial charge is 0.349 e. The van der Waals surface area contributed by atoms with Crippen LogP contribution in [0.2, 0.25) is 0 Å². The molecule has 1 aliphatic rings. The van der Waals surface area contributed by atoms with Crippen LogP contribution in [0.4, 0.5) is 5.69 Å². The molecule has 117 valence electrons. The summed E-state index contributed by atoms with van der Waals surface area (Å²) in [7, 11) is 0. The molecule has 22 heavy (non-hydrogen) atoms. The Bertz CT molecular complexity index is 540. The zero-order valence-electron chi connectivity index (χ0n) is 13.1. The number of likely N-dealkylation sites (tertiary alicyclic amines) is 1. The van der Waals surface area contributed by atoms with Gasteiger partial charge in [0, 0.05) is 41.8 Å². The maximum Gasteiger partial charge on any atom is 0.251 e. The minimum atomic E-state index is -0.0656. The minimum absolute atomic E-state index is 0.0656. The summed E-state index contributed by atoms with van der Waals surface area (Å²) < 4.78 is 0. The van der Waals surface area contributed by atoms with Crippen molar-refractivity contribution in [3.63, 3.8) is 0 Å². The van der Waals surface area contributed by atoms with E-state index in [0.29, 0.717) is 11.3 Å². The molecular weight excluding hydrogens is 278 g/mol. The maximum absolute atomic E-state index is 12.2. The molecule has 1 fully saturated rings. The van der Waals surface area contributed by atoms with Crippen molar-refractivity contribution in [3.05, 3.63) is 46.2 Å². The molecule has 0 unspecified atom stereocenters. The van der Waals surface area contributed by atoms with Crippen LogP contribution in [-0.2, 0) is 0 Å². The van der Waals surface area contributed by atoms with Gasteiger partial charge < -0.3 is 10.2 Å². The van der Waals surface area contributed by atoms with Crippen molar-refractivity contribution < 1.29 is 4.79 Å². The Kier molecular flexibility index (Phi) is 5.81. The number of carbonyl (C=O) groups excluding carboxylic acids is 1. The van der Waals surface area contributed by atoms with Gasteiger partial charge in [0.2, 0.25) is 0 Å². The van der Waals surface area contributed by atoms with E-state index in [1.165, 1.54) is 5.92 Å². The van der Waals surface area contributed by atoms with Gasteiger partial charge >= 0.3 is 0 Å². The zero-order valence-corrected chi connectivity index (χ0v) is 13.1. The molecule has 1 heterocycles. The summed E-state index contributed by atoms with van der Waals surface area (Å²) in [6.45, 7) is 7.38. The highest BCUT2D eigenvalue weighted by molar-refractivity contribution is 5.94. The maximum atomic E-state index is 12.2. The van der Waals surface area contributed by atoms with Crippen LogP contribution >= 0.6 is 0 Å². The Morgan fingerprint density at radius 2 is 1.95 bits per heavy atom. The number of hydrogen-bond acceptors (Lipinski definition) is 3. The summed E-state index contributed by atoms with van der Waals surface area (Å²) in [5.74, 6) is 1.35. The number of nitrogens with one attached hydrogen (secondary N) is 1. The van der Waals surface area contributed by atoms with E-state index in [9.17, 15) is 4.79 Å². The molecule has 1 saturated heterocycles. The van der Waals surface area contributed by atoms with E-state index in [0.717, 1.165) is 32.5 Å². The van der Waals surface area contributed by atoms with E-state index in [-0.39, 0.29) is 11.9 Å². The summed E-state index contributed by atoms with van der Waals surface area (Å²) in [6, 6.07) is 6.90. The Labute approximate surface area is 131 Å². The first kappa shape index (κ1) is 16.3. The number of hydrogen-bond donors (Lipinski definition) is 1. The highest BCUT2D eigenvalue weighted by Crippen LogP contribution is 2.15. The van der Waals surface area contributed by atoms with Gasteiger partial charge in [-0.25, -0.2) is 0 Å². The molecule has 1 N–H and O–H groups in total. The average molecular weight is 300 g/mol. The average Bonchev–Trinajstić information content (AvgIpc) is 2.50. The van der Waals surface area contributed by atoms with Gasteiger partial charge in [-0.05, 0) is 36.4 Å². The highest BCUT2D eigenvalue weighted by atomic mass is 16.1. The van der Waals surface area contributed by atoms with Crippen molar-refractivity contribution in [1.29, 1.82) is 0 Å². The Hall–Kier alpha value is -2.04. The van der Waals surface area contributed by atoms with Gasteiger partial charge in [0.15, 0.2) is 0 Å². The van der Waals surface area contributed by atoms with Crippen LogP contribution in [0.1, 0.15) is 37.0 Å². The van der Waals surface area contributed by atoms with E-state index in [4.69, 9.17) is 5.53 Å². The van der Waals surface area contributed by atoms with Crippen molar-refractivity contribution in [1.82, 2.24) is 10.2 Å². The molecule has 1 aliphatic heterocycles. The Balaban J connectivity index is 1.84. The van der Waals surface area contributed by atoms with Gasteiger partial charge in [0.05, 0.1) is 0 Å². The lowest BCUT2D eigenvalue weighted by molar-refractivity contribution is 0.0912. The zero-order chi connectivity index (χ0) is 15.9. The lowest BCUT2D eigenvalue weighted by atomic mass is 10.0. The van der Waals surface area contributed by atoms with Crippen LogP contribution in [0.5, 0.6) is 0 Å². The van der Waals surface area contributed by atoms with E-state index in [1.54, 1.807) is 24.3 Å². The van der Waals surface area contributed by atoms with E-state index < -0.39 is 0 Å². The number of benzene rings is 1. The third kappa shape index (κ3) is 4.76. The molecule has 0 aromatic heterocycles. The van der Waals surface area contributed by atoms with Crippen molar-refractivity contribution in [3.8, 4) is 0 Å². The topological polar surface area (TPSA) is 81.1 Å². The van der Waals surface area contributed by atoms with Crippen molar-refractivity contribution >= 4 is 11.6 Å². The summed E-state index contributed by atoms with van der Waals surface area (Å²) in [6.07, 6.45) is 1.96. The normalized spacial score (nSPS) is 16.3. The summed E-state index contributed by atoms with van der Waals surface area (Å²) >= 11 is 0. The first-order valence-electron chi connectivity index (χ1n) is 7.56. The Morgan fingerprint density at radius 1 is 1.32 bits per heavy atom. The number of piperidine rings is 1. The molecule has 1 radical (unpaired) electrons. The molecule has 2 rings (SSSR count). The van der Waals surface area contributed by atoms with Crippen LogP contribution in [0.3, 0.4) is 0 Å². The highest BCUT2D eigenvalue weighted by Gasteiger charge is 2.21. The summed E-state index contributed by atoms with van der Waals surface area (Å²) in [5.41, 5.74) is 9.47. The van der Waals surface area contributed by atoms with Crippen LogP contribution in [0.25, 0.3) is 10.4 Å². The third-order valence-electron chi connectivity index (χ3n) is 3.75. The molecule has 0 saturated carbocycles. The number of rotatable bonds is 5. The lowest BCUT2D eigenvalue weighted by Gasteiger charge is -2.33. The quantitative estimate of drug-likeness (QED) is 0.513. The van der Waals surface area contributed by atoms with Crippen LogP contribution in [-0.4, -0.2) is 36.5 Å². The Morgan fingerprint density at radius 3 is 2.50 bits per heavy atom. The molecule has 6 nitrogen and oxygen atoms in total. The van der Waals surface area contributed by atoms with Gasteiger partial charge in [-0.1, -0.05) is 31.1 Å². The second-order valence-corrected chi connectivity index (χ2v) is 5.97. The van der Waals surface area contributed by atoms with Gasteiger partial charge in [-0.3, -0.25) is 4.79 Å². The predicted octanol–water partition coefficient (Wildman–Crippen LogP) is 3.44. The second kappa shape index (κ2) is 7.82. The summed E-state index contributed by atoms with van der Waals surface area (Å²) in [4.78, 5) is 17.4. The van der Waals surface area contributed by atoms with E-state index in [2.05, 4.69) is 34.1 Å². The van der Waals surface area contributed by atoms with Gasteiger partial charge in [0.25, 0.3) is 5.91 Å². The van der Waals surface area contributed by atoms with Crippen LogP contribution in [0.15, 0.2) is 29.4 Å². The minimum Gasteiger partial charge on any atom is -0.349 e. The van der Waals surface area contributed by atoms with E-state index >= 15 is 0 Å². The molecule has 1 amide bonds.